The monoisotopic (exact) mass is 422 g/mol. The van der Waals surface area contributed by atoms with Gasteiger partial charge in [-0.2, -0.15) is 0 Å². The number of hydrogen-bond donors (Lipinski definition) is 0. The zero-order chi connectivity index (χ0) is 16.0. The van der Waals surface area contributed by atoms with Gasteiger partial charge in [-0.15, -0.1) is 0 Å². The third-order valence-electron chi connectivity index (χ3n) is 4.70. The Labute approximate surface area is 153 Å². The van der Waals surface area contributed by atoms with Crippen LogP contribution in [0, 0.1) is 5.92 Å². The van der Waals surface area contributed by atoms with Crippen LogP contribution in [0.5, 0.6) is 0 Å². The van der Waals surface area contributed by atoms with E-state index in [0.717, 1.165) is 5.92 Å². The Morgan fingerprint density at radius 2 is 1.14 bits per heavy atom. The number of unbranched alkanes of at least 4 members (excludes halogenated alkanes) is 8. The van der Waals surface area contributed by atoms with Crippen LogP contribution in [0.25, 0.3) is 0 Å². The number of hydrogen-bond acceptors (Lipinski definition) is 2. The van der Waals surface area contributed by atoms with Crippen molar-refractivity contribution in [3.8, 4) is 0 Å². The maximum absolute atomic E-state index is 2.68. The van der Waals surface area contributed by atoms with Gasteiger partial charge >= 0.3 is 0 Å². The highest BCUT2D eigenvalue weighted by Gasteiger charge is 2.16. The highest BCUT2D eigenvalue weighted by Crippen LogP contribution is 2.11. The van der Waals surface area contributed by atoms with Crippen LogP contribution < -0.4 is 0 Å². The van der Waals surface area contributed by atoms with E-state index < -0.39 is 0 Å². The summed E-state index contributed by atoms with van der Waals surface area (Å²) in [5.74, 6) is 0.813. The third-order valence-corrected chi connectivity index (χ3v) is 5.46. The molecule has 22 heavy (non-hydrogen) atoms. The van der Waals surface area contributed by atoms with E-state index in [4.69, 9.17) is 0 Å². The molecule has 0 aromatic heterocycles. The molecule has 0 atom stereocenters. The van der Waals surface area contributed by atoms with E-state index in [0.29, 0.717) is 0 Å². The summed E-state index contributed by atoms with van der Waals surface area (Å²) >= 11 is 2.49. The maximum atomic E-state index is 2.68. The van der Waals surface area contributed by atoms with Gasteiger partial charge in [0, 0.05) is 32.7 Å². The van der Waals surface area contributed by atoms with Gasteiger partial charge in [-0.05, 0) is 29.7 Å². The second kappa shape index (κ2) is 14.0. The van der Waals surface area contributed by atoms with Gasteiger partial charge in [-0.25, -0.2) is 0 Å². The molecule has 1 aliphatic rings. The fourth-order valence-electron chi connectivity index (χ4n) is 3.38. The lowest BCUT2D eigenvalue weighted by Crippen LogP contribution is -2.47. The Kier molecular flexibility index (Phi) is 13.2. The maximum Gasteiger partial charge on any atom is 0.0110 e. The molecule has 0 amide bonds. The standard InChI is InChI=1S/C19H39IN2/c1-19(2)18-22-16-14-21(15-17-22)13-11-9-7-5-3-4-6-8-10-12-20/h19H,3-18H2,1-2H3. The van der Waals surface area contributed by atoms with Crippen LogP contribution in [-0.4, -0.2) is 53.5 Å². The van der Waals surface area contributed by atoms with Crippen LogP contribution in [0.1, 0.15) is 71.6 Å². The van der Waals surface area contributed by atoms with Gasteiger partial charge < -0.3 is 9.80 Å². The fourth-order valence-corrected chi connectivity index (χ4v) is 3.92. The molecule has 0 saturated carbocycles. The van der Waals surface area contributed by atoms with E-state index >= 15 is 0 Å². The van der Waals surface area contributed by atoms with Gasteiger partial charge in [0.05, 0.1) is 0 Å². The van der Waals surface area contributed by atoms with Crippen LogP contribution in [0.15, 0.2) is 0 Å². The van der Waals surface area contributed by atoms with Crippen molar-refractivity contribution in [2.75, 3.05) is 43.7 Å². The molecule has 1 fully saturated rings. The molecule has 0 spiro atoms. The number of piperazine rings is 1. The summed E-state index contributed by atoms with van der Waals surface area (Å²) in [4.78, 5) is 5.32. The molecular formula is C19H39IN2. The predicted octanol–water partition coefficient (Wildman–Crippen LogP) is 5.21. The molecule has 1 heterocycles. The molecular weight excluding hydrogens is 383 g/mol. The van der Waals surface area contributed by atoms with Crippen molar-refractivity contribution in [3.63, 3.8) is 0 Å². The molecule has 0 bridgehead atoms. The van der Waals surface area contributed by atoms with Crippen molar-refractivity contribution < 1.29 is 0 Å². The second-order valence-electron chi connectivity index (χ2n) is 7.41. The summed E-state index contributed by atoms with van der Waals surface area (Å²) in [6, 6.07) is 0. The Bertz CT molecular complexity index is 238. The number of halogens is 1. The third kappa shape index (κ3) is 11.2. The highest BCUT2D eigenvalue weighted by atomic mass is 127. The number of alkyl halides is 1. The Hall–Kier alpha value is 0.650. The lowest BCUT2D eigenvalue weighted by molar-refractivity contribution is 0.121. The minimum atomic E-state index is 0.813. The molecule has 1 saturated heterocycles. The molecule has 0 aliphatic carbocycles. The van der Waals surface area contributed by atoms with Gasteiger partial charge in [0.1, 0.15) is 0 Å². The lowest BCUT2D eigenvalue weighted by Gasteiger charge is -2.35. The Morgan fingerprint density at radius 1 is 0.682 bits per heavy atom. The summed E-state index contributed by atoms with van der Waals surface area (Å²) in [5.41, 5.74) is 0. The van der Waals surface area contributed by atoms with Crippen molar-refractivity contribution in [2.45, 2.75) is 71.6 Å². The Balaban J connectivity index is 1.84. The lowest BCUT2D eigenvalue weighted by atomic mass is 10.1. The van der Waals surface area contributed by atoms with E-state index in [9.17, 15) is 0 Å². The zero-order valence-electron chi connectivity index (χ0n) is 15.2. The molecule has 0 N–H and O–H groups in total. The smallest absolute Gasteiger partial charge is 0.0110 e. The molecule has 2 nitrogen and oxygen atoms in total. The van der Waals surface area contributed by atoms with Crippen LogP contribution in [0.3, 0.4) is 0 Å². The van der Waals surface area contributed by atoms with Crippen LogP contribution in [0.2, 0.25) is 0 Å². The van der Waals surface area contributed by atoms with Gasteiger partial charge in [0.2, 0.25) is 0 Å². The molecule has 132 valence electrons. The van der Waals surface area contributed by atoms with E-state index in [1.807, 2.05) is 0 Å². The van der Waals surface area contributed by atoms with Crippen molar-refractivity contribution in [1.29, 1.82) is 0 Å². The van der Waals surface area contributed by atoms with Crippen molar-refractivity contribution in [3.05, 3.63) is 0 Å². The number of nitrogens with zero attached hydrogens (tertiary/aromatic N) is 2. The minimum Gasteiger partial charge on any atom is -0.301 e. The topological polar surface area (TPSA) is 6.48 Å². The van der Waals surface area contributed by atoms with Gasteiger partial charge in [0.25, 0.3) is 0 Å². The van der Waals surface area contributed by atoms with Crippen molar-refractivity contribution in [1.82, 2.24) is 9.80 Å². The molecule has 1 rings (SSSR count). The van der Waals surface area contributed by atoms with E-state index in [2.05, 4.69) is 46.2 Å². The number of rotatable bonds is 13. The summed E-state index contributed by atoms with van der Waals surface area (Å²) in [6.45, 7) is 12.4. The predicted molar refractivity (Wildman–Crippen MR) is 108 cm³/mol. The van der Waals surface area contributed by atoms with E-state index in [1.165, 1.54) is 101 Å². The first-order valence-corrected chi connectivity index (χ1v) is 11.3. The first kappa shape index (κ1) is 20.7. The van der Waals surface area contributed by atoms with Crippen LogP contribution in [0.4, 0.5) is 0 Å². The first-order chi connectivity index (χ1) is 10.7. The summed E-state index contributed by atoms with van der Waals surface area (Å²) in [6.07, 6.45) is 13.1. The van der Waals surface area contributed by atoms with Gasteiger partial charge in [-0.1, -0.05) is 81.4 Å². The summed E-state index contributed by atoms with van der Waals surface area (Å²) in [5, 5.41) is 0. The average molecular weight is 422 g/mol. The minimum absolute atomic E-state index is 0.813. The average Bonchev–Trinajstić information content (AvgIpc) is 2.50. The zero-order valence-corrected chi connectivity index (χ0v) is 17.3. The second-order valence-corrected chi connectivity index (χ2v) is 8.49. The Morgan fingerprint density at radius 3 is 1.64 bits per heavy atom. The van der Waals surface area contributed by atoms with Crippen LogP contribution >= 0.6 is 22.6 Å². The summed E-state index contributed by atoms with van der Waals surface area (Å²) < 4.78 is 1.34. The molecule has 0 unspecified atom stereocenters. The van der Waals surface area contributed by atoms with Crippen molar-refractivity contribution in [2.24, 2.45) is 5.92 Å². The molecule has 0 radical (unpaired) electrons. The first-order valence-electron chi connectivity index (χ1n) is 9.73. The van der Waals surface area contributed by atoms with E-state index in [1.54, 1.807) is 0 Å². The van der Waals surface area contributed by atoms with Gasteiger partial charge in [-0.3, -0.25) is 0 Å². The summed E-state index contributed by atoms with van der Waals surface area (Å²) in [7, 11) is 0. The quantitative estimate of drug-likeness (QED) is 0.229. The van der Waals surface area contributed by atoms with Crippen molar-refractivity contribution >= 4 is 22.6 Å². The normalized spacial score (nSPS) is 17.5. The largest absolute Gasteiger partial charge is 0.301 e. The molecule has 0 aromatic carbocycles. The fraction of sp³-hybridized carbons (Fsp3) is 1.00. The molecule has 3 heteroatoms. The SMILES string of the molecule is CC(C)CN1CCN(CCCCCCCCCCCI)CC1. The molecule has 0 aromatic rings. The van der Waals surface area contributed by atoms with Crippen LogP contribution in [-0.2, 0) is 0 Å². The van der Waals surface area contributed by atoms with Gasteiger partial charge in [0.15, 0.2) is 0 Å². The molecule has 1 aliphatic heterocycles. The van der Waals surface area contributed by atoms with E-state index in [-0.39, 0.29) is 0 Å². The highest BCUT2D eigenvalue weighted by molar-refractivity contribution is 14.1.